The molecule has 0 spiro atoms. The molecule has 2 unspecified atom stereocenters. The molecule has 2 atom stereocenters. The van der Waals surface area contributed by atoms with Gasteiger partial charge in [0.05, 0.1) is 18.6 Å². The van der Waals surface area contributed by atoms with E-state index in [1.165, 1.54) is 148 Å². The topological polar surface area (TPSA) is 79.6 Å². The Kier molecular flexibility index (Phi) is 36.7. The summed E-state index contributed by atoms with van der Waals surface area (Å²) in [5.41, 5.74) is 0. The molecule has 0 N–H and O–H groups in total. The van der Waals surface area contributed by atoms with Gasteiger partial charge >= 0.3 is 11.9 Å². The zero-order valence-electron chi connectivity index (χ0n) is 37.0. The van der Waals surface area contributed by atoms with Gasteiger partial charge in [0.25, 0.3) is 0 Å². The maximum Gasteiger partial charge on any atom is 0.306 e. The molecule has 0 saturated heterocycles. The van der Waals surface area contributed by atoms with Crippen LogP contribution in [-0.2, 0) is 19.1 Å². The Bertz CT molecular complexity index is 888. The molecule has 0 amide bonds. The van der Waals surface area contributed by atoms with Crippen LogP contribution >= 0.6 is 0 Å². The zero-order chi connectivity index (χ0) is 39.9. The van der Waals surface area contributed by atoms with Crippen molar-refractivity contribution in [3.05, 3.63) is 0 Å². The number of nitrogens with zero attached hydrogens (tertiary/aromatic N) is 2. The van der Waals surface area contributed by atoms with Crippen LogP contribution in [0.15, 0.2) is 0 Å². The third-order valence-corrected chi connectivity index (χ3v) is 12.1. The number of esters is 2. The summed E-state index contributed by atoms with van der Waals surface area (Å²) in [5, 5.41) is 9.92. The molecule has 1 saturated carbocycles. The molecule has 1 rings (SSSR count). The van der Waals surface area contributed by atoms with E-state index in [0.717, 1.165) is 90.1 Å². The van der Waals surface area contributed by atoms with Crippen molar-refractivity contribution in [2.75, 3.05) is 19.7 Å². The van der Waals surface area contributed by atoms with E-state index >= 15 is 0 Å². The Morgan fingerprint density at radius 2 is 0.964 bits per heavy atom. The summed E-state index contributed by atoms with van der Waals surface area (Å²) in [6, 6.07) is 3.05. The lowest BCUT2D eigenvalue weighted by atomic mass is 9.84. The number of rotatable bonds is 40. The van der Waals surface area contributed by atoms with Crippen LogP contribution in [0.4, 0.5) is 0 Å². The summed E-state index contributed by atoms with van der Waals surface area (Å²) in [6.07, 6.45) is 43.0. The minimum absolute atomic E-state index is 0.0201. The normalized spacial score (nSPS) is 15.8. The Labute approximate surface area is 342 Å². The second kappa shape index (κ2) is 39.2. The molecule has 0 radical (unpaired) electrons. The van der Waals surface area contributed by atoms with Crippen molar-refractivity contribution in [1.29, 1.82) is 5.26 Å². The van der Waals surface area contributed by atoms with Crippen LogP contribution in [0.1, 0.15) is 258 Å². The average molecular weight is 773 g/mol. The number of hydrogen-bond donors (Lipinski definition) is 0. The summed E-state index contributed by atoms with van der Waals surface area (Å²) in [5.74, 6) is 0.160. The molecule has 322 valence electrons. The molecule has 0 heterocycles. The third-order valence-electron chi connectivity index (χ3n) is 12.1. The summed E-state index contributed by atoms with van der Waals surface area (Å²) < 4.78 is 11.5. The molecule has 1 aliphatic carbocycles. The van der Waals surface area contributed by atoms with E-state index in [1.54, 1.807) is 0 Å². The maximum atomic E-state index is 12.8. The van der Waals surface area contributed by atoms with Gasteiger partial charge in [-0.3, -0.25) is 14.5 Å². The summed E-state index contributed by atoms with van der Waals surface area (Å²) >= 11 is 0. The monoisotopic (exact) mass is 773 g/mol. The van der Waals surface area contributed by atoms with Gasteiger partial charge in [-0.15, -0.1) is 0 Å². The lowest BCUT2D eigenvalue weighted by Crippen LogP contribution is -2.43. The van der Waals surface area contributed by atoms with Crippen LogP contribution in [-0.4, -0.2) is 48.7 Å². The Hall–Kier alpha value is -1.61. The number of hydrogen-bond acceptors (Lipinski definition) is 6. The third kappa shape index (κ3) is 31.1. The van der Waals surface area contributed by atoms with E-state index < -0.39 is 0 Å². The van der Waals surface area contributed by atoms with E-state index in [1.807, 2.05) is 0 Å². The SMILES string of the molecule is CCCCCCCCCOC(=O)CCCCCCCN(CCCCCCCC(=O)OC(CCCCCCCC)CCCCCCCC)C1CCCCC1C#N. The van der Waals surface area contributed by atoms with E-state index in [0.29, 0.717) is 25.5 Å². The minimum atomic E-state index is -0.0248. The summed E-state index contributed by atoms with van der Waals surface area (Å²) in [4.78, 5) is 27.6. The molecular formula is C49H92N2O4. The number of nitriles is 1. The minimum Gasteiger partial charge on any atom is -0.466 e. The fraction of sp³-hybridized carbons (Fsp3) is 0.939. The fourth-order valence-corrected chi connectivity index (χ4v) is 8.50. The molecule has 0 aromatic heterocycles. The van der Waals surface area contributed by atoms with Crippen LogP contribution in [0.5, 0.6) is 0 Å². The molecule has 0 aromatic carbocycles. The van der Waals surface area contributed by atoms with Gasteiger partial charge in [-0.1, -0.05) is 175 Å². The van der Waals surface area contributed by atoms with Crippen LogP contribution in [0.3, 0.4) is 0 Å². The first-order valence-corrected chi connectivity index (χ1v) is 24.5. The highest BCUT2D eigenvalue weighted by atomic mass is 16.5. The van der Waals surface area contributed by atoms with E-state index in [2.05, 4.69) is 31.7 Å². The first-order valence-electron chi connectivity index (χ1n) is 24.5. The van der Waals surface area contributed by atoms with Crippen molar-refractivity contribution in [2.45, 2.75) is 270 Å². The predicted molar refractivity (Wildman–Crippen MR) is 233 cm³/mol. The van der Waals surface area contributed by atoms with Crippen molar-refractivity contribution in [3.63, 3.8) is 0 Å². The first-order chi connectivity index (χ1) is 27.0. The average Bonchev–Trinajstić information content (AvgIpc) is 3.19. The van der Waals surface area contributed by atoms with Crippen molar-refractivity contribution in [1.82, 2.24) is 4.90 Å². The van der Waals surface area contributed by atoms with Crippen molar-refractivity contribution in [2.24, 2.45) is 5.92 Å². The van der Waals surface area contributed by atoms with Gasteiger partial charge in [0.15, 0.2) is 0 Å². The van der Waals surface area contributed by atoms with Gasteiger partial charge in [-0.25, -0.2) is 0 Å². The van der Waals surface area contributed by atoms with Crippen molar-refractivity contribution < 1.29 is 19.1 Å². The van der Waals surface area contributed by atoms with Gasteiger partial charge in [-0.2, -0.15) is 5.26 Å². The van der Waals surface area contributed by atoms with Crippen molar-refractivity contribution >= 4 is 11.9 Å². The quantitative estimate of drug-likeness (QED) is 0.0456. The maximum absolute atomic E-state index is 12.8. The molecule has 0 aromatic rings. The molecule has 0 bridgehead atoms. The Morgan fingerprint density at radius 3 is 1.47 bits per heavy atom. The van der Waals surface area contributed by atoms with E-state index in [9.17, 15) is 14.9 Å². The van der Waals surface area contributed by atoms with Gasteiger partial charge in [0.1, 0.15) is 6.10 Å². The predicted octanol–water partition coefficient (Wildman–Crippen LogP) is 14.8. The fourth-order valence-electron chi connectivity index (χ4n) is 8.50. The van der Waals surface area contributed by atoms with Gasteiger partial charge in [0, 0.05) is 18.9 Å². The highest BCUT2D eigenvalue weighted by Gasteiger charge is 2.29. The molecule has 6 nitrogen and oxygen atoms in total. The zero-order valence-corrected chi connectivity index (χ0v) is 37.0. The van der Waals surface area contributed by atoms with Crippen LogP contribution in [0, 0.1) is 17.2 Å². The van der Waals surface area contributed by atoms with Crippen LogP contribution in [0.2, 0.25) is 0 Å². The first kappa shape index (κ1) is 51.4. The van der Waals surface area contributed by atoms with E-state index in [4.69, 9.17) is 9.47 Å². The number of carbonyl (C=O) groups is 2. The molecule has 1 fully saturated rings. The molecule has 55 heavy (non-hydrogen) atoms. The molecule has 6 heteroatoms. The van der Waals surface area contributed by atoms with Crippen LogP contribution < -0.4 is 0 Å². The number of ether oxygens (including phenoxy) is 2. The van der Waals surface area contributed by atoms with Crippen molar-refractivity contribution in [3.8, 4) is 6.07 Å². The molecule has 1 aliphatic rings. The smallest absolute Gasteiger partial charge is 0.306 e. The summed E-state index contributed by atoms with van der Waals surface area (Å²) in [7, 11) is 0. The number of unbranched alkanes of at least 4 members (excludes halogenated alkanes) is 24. The van der Waals surface area contributed by atoms with Crippen LogP contribution in [0.25, 0.3) is 0 Å². The molecule has 0 aliphatic heterocycles. The van der Waals surface area contributed by atoms with Gasteiger partial charge < -0.3 is 9.47 Å². The van der Waals surface area contributed by atoms with Gasteiger partial charge in [0.2, 0.25) is 0 Å². The lowest BCUT2D eigenvalue weighted by Gasteiger charge is -2.37. The highest BCUT2D eigenvalue weighted by molar-refractivity contribution is 5.69. The standard InChI is InChI=1S/C49H92N2O4/c1-4-7-10-13-16-25-34-43-54-48(52)39-28-21-17-23-32-41-51(47-38-31-30-35-45(47)44-50)42-33-24-18-22-29-40-49(53)55-46(36-26-19-14-11-8-5-2)37-27-20-15-12-9-6-3/h45-47H,4-43H2,1-3H3. The largest absolute Gasteiger partial charge is 0.466 e. The van der Waals surface area contributed by atoms with Gasteiger partial charge in [-0.05, 0) is 83.7 Å². The number of carbonyl (C=O) groups excluding carboxylic acids is 2. The van der Waals surface area contributed by atoms with E-state index in [-0.39, 0.29) is 24.0 Å². The Balaban J connectivity index is 2.30. The molecular weight excluding hydrogens is 681 g/mol. The second-order valence-corrected chi connectivity index (χ2v) is 17.2. The highest BCUT2D eigenvalue weighted by Crippen LogP contribution is 2.29. The summed E-state index contributed by atoms with van der Waals surface area (Å²) in [6.45, 7) is 9.51. The lowest BCUT2D eigenvalue weighted by molar-refractivity contribution is -0.150. The second-order valence-electron chi connectivity index (χ2n) is 17.2. The Morgan fingerprint density at radius 1 is 0.545 bits per heavy atom.